The Morgan fingerprint density at radius 2 is 1.74 bits per heavy atom. The van der Waals surface area contributed by atoms with Crippen LogP contribution in [0.3, 0.4) is 0 Å². The highest BCUT2D eigenvalue weighted by atomic mass is 16.6. The molecule has 0 heterocycles. The molecule has 104 valence electrons. The Hall–Kier alpha value is -1.91. The summed E-state index contributed by atoms with van der Waals surface area (Å²) in [5, 5.41) is 2.83. The Kier molecular flexibility index (Phi) is 5.03. The average Bonchev–Trinajstić information content (AvgIpc) is 2.29. The zero-order valence-corrected chi connectivity index (χ0v) is 11.8. The molecule has 1 aromatic carbocycles. The van der Waals surface area contributed by atoms with Crippen molar-refractivity contribution in [1.82, 2.24) is 4.90 Å². The lowest BCUT2D eigenvalue weighted by Gasteiger charge is -2.24. The maximum absolute atomic E-state index is 11.8. The Morgan fingerprint density at radius 1 is 1.21 bits per heavy atom. The molecule has 0 N–H and O–H groups in total. The van der Waals surface area contributed by atoms with Gasteiger partial charge in [0.15, 0.2) is 0 Å². The summed E-state index contributed by atoms with van der Waals surface area (Å²) in [5.41, 5.74) is 1.34. The lowest BCUT2D eigenvalue weighted by atomic mass is 10.1. The molecule has 0 unspecified atom stereocenters. The van der Waals surface area contributed by atoms with Gasteiger partial charge in [0.1, 0.15) is 12.1 Å². The van der Waals surface area contributed by atoms with Crippen molar-refractivity contribution in [2.24, 2.45) is 5.18 Å². The molecule has 0 atom stereocenters. The molecule has 19 heavy (non-hydrogen) atoms. The molecule has 0 aliphatic heterocycles. The van der Waals surface area contributed by atoms with E-state index in [0.29, 0.717) is 6.54 Å². The zero-order valence-electron chi connectivity index (χ0n) is 11.8. The van der Waals surface area contributed by atoms with Gasteiger partial charge in [0.2, 0.25) is 0 Å². The number of ether oxygens (including phenoxy) is 1. The highest BCUT2D eigenvalue weighted by molar-refractivity contribution is 5.67. The second-order valence-corrected chi connectivity index (χ2v) is 5.44. The highest BCUT2D eigenvalue weighted by Crippen LogP contribution is 2.12. The largest absolute Gasteiger partial charge is 0.444 e. The molecule has 1 aromatic rings. The highest BCUT2D eigenvalue weighted by Gasteiger charge is 2.19. The van der Waals surface area contributed by atoms with Crippen molar-refractivity contribution in [1.29, 1.82) is 0 Å². The van der Waals surface area contributed by atoms with Gasteiger partial charge in [-0.05, 0) is 31.9 Å². The van der Waals surface area contributed by atoms with E-state index >= 15 is 0 Å². The fourth-order valence-electron chi connectivity index (χ4n) is 1.50. The van der Waals surface area contributed by atoms with Gasteiger partial charge < -0.3 is 9.64 Å². The topological polar surface area (TPSA) is 59.0 Å². The quantitative estimate of drug-likeness (QED) is 0.784. The third-order valence-corrected chi connectivity index (χ3v) is 2.40. The zero-order chi connectivity index (χ0) is 14.5. The number of rotatable bonds is 4. The number of nitroso groups, excluding NO2 is 1. The van der Waals surface area contributed by atoms with Crippen LogP contribution in [-0.2, 0) is 17.8 Å². The van der Waals surface area contributed by atoms with Crippen LogP contribution in [0.2, 0.25) is 0 Å². The number of carbonyl (C=O) groups is 1. The van der Waals surface area contributed by atoms with Gasteiger partial charge in [-0.15, -0.1) is 0 Å². The maximum Gasteiger partial charge on any atom is 0.410 e. The van der Waals surface area contributed by atoms with E-state index in [4.69, 9.17) is 4.74 Å². The Labute approximate surface area is 113 Å². The summed E-state index contributed by atoms with van der Waals surface area (Å²) in [6, 6.07) is 7.42. The van der Waals surface area contributed by atoms with Crippen LogP contribution in [0.1, 0.15) is 31.9 Å². The van der Waals surface area contributed by atoms with E-state index in [1.807, 2.05) is 45.0 Å². The lowest BCUT2D eigenvalue weighted by molar-refractivity contribution is 0.0285. The second kappa shape index (κ2) is 6.31. The monoisotopic (exact) mass is 264 g/mol. The number of carbonyl (C=O) groups excluding carboxylic acids is 1. The summed E-state index contributed by atoms with van der Waals surface area (Å²) >= 11 is 0. The van der Waals surface area contributed by atoms with Gasteiger partial charge in [-0.1, -0.05) is 29.4 Å². The third-order valence-electron chi connectivity index (χ3n) is 2.40. The van der Waals surface area contributed by atoms with Gasteiger partial charge in [-0.3, -0.25) is 0 Å². The first-order chi connectivity index (χ1) is 8.81. The predicted molar refractivity (Wildman–Crippen MR) is 73.6 cm³/mol. The van der Waals surface area contributed by atoms with Crippen molar-refractivity contribution < 1.29 is 9.53 Å². The Balaban J connectivity index is 2.58. The molecule has 0 saturated carbocycles. The summed E-state index contributed by atoms with van der Waals surface area (Å²) in [6.45, 7) is 6.13. The van der Waals surface area contributed by atoms with Crippen molar-refractivity contribution in [2.75, 3.05) is 7.05 Å². The summed E-state index contributed by atoms with van der Waals surface area (Å²) < 4.78 is 5.26. The molecule has 1 amide bonds. The number of amides is 1. The van der Waals surface area contributed by atoms with Crippen molar-refractivity contribution in [2.45, 2.75) is 39.5 Å². The molecule has 5 heteroatoms. The summed E-state index contributed by atoms with van der Waals surface area (Å²) in [4.78, 5) is 23.4. The molecule has 0 aromatic heterocycles. The molecule has 0 bridgehead atoms. The van der Waals surface area contributed by atoms with E-state index < -0.39 is 5.60 Å². The van der Waals surface area contributed by atoms with Crippen LogP contribution in [0.15, 0.2) is 29.4 Å². The number of benzene rings is 1. The van der Waals surface area contributed by atoms with Gasteiger partial charge in [0.05, 0.1) is 0 Å². The van der Waals surface area contributed by atoms with Gasteiger partial charge in [0.25, 0.3) is 0 Å². The van der Waals surface area contributed by atoms with Crippen LogP contribution in [-0.4, -0.2) is 23.6 Å². The first-order valence-electron chi connectivity index (χ1n) is 6.13. The molecule has 0 aliphatic carbocycles. The smallest absolute Gasteiger partial charge is 0.410 e. The molecule has 0 spiro atoms. The third kappa shape index (κ3) is 5.50. The summed E-state index contributed by atoms with van der Waals surface area (Å²) in [7, 11) is 1.69. The molecule has 0 saturated heterocycles. The number of hydrogen-bond acceptors (Lipinski definition) is 4. The van der Waals surface area contributed by atoms with Crippen molar-refractivity contribution in [3.8, 4) is 0 Å². The lowest BCUT2D eigenvalue weighted by Crippen LogP contribution is -2.33. The molecular weight excluding hydrogens is 244 g/mol. The van der Waals surface area contributed by atoms with Crippen LogP contribution in [0.4, 0.5) is 4.79 Å². The Bertz CT molecular complexity index is 435. The average molecular weight is 264 g/mol. The van der Waals surface area contributed by atoms with Crippen LogP contribution in [0.5, 0.6) is 0 Å². The van der Waals surface area contributed by atoms with Gasteiger partial charge in [-0.25, -0.2) is 4.79 Å². The molecule has 0 fully saturated rings. The minimum Gasteiger partial charge on any atom is -0.444 e. The van der Waals surface area contributed by atoms with Crippen LogP contribution < -0.4 is 0 Å². The predicted octanol–water partition coefficient (Wildman–Crippen LogP) is 3.32. The van der Waals surface area contributed by atoms with E-state index in [1.54, 1.807) is 7.05 Å². The fourth-order valence-corrected chi connectivity index (χ4v) is 1.50. The van der Waals surface area contributed by atoms with Crippen molar-refractivity contribution >= 4 is 6.09 Å². The standard InChI is InChI=1S/C14H20N2O3/c1-14(2,3)19-13(17)16(4)10-12-7-5-11(6-8-12)9-15-18/h5-8H,9-10H2,1-4H3. The maximum atomic E-state index is 11.8. The van der Waals surface area contributed by atoms with E-state index in [0.717, 1.165) is 11.1 Å². The van der Waals surface area contributed by atoms with Crippen LogP contribution >= 0.6 is 0 Å². The van der Waals surface area contributed by atoms with Gasteiger partial charge >= 0.3 is 6.09 Å². The SMILES string of the molecule is CN(Cc1ccc(CN=O)cc1)C(=O)OC(C)(C)C. The molecular formula is C14H20N2O3. The first kappa shape index (κ1) is 15.1. The molecule has 1 rings (SSSR count). The summed E-state index contributed by atoms with van der Waals surface area (Å²) in [6.07, 6.45) is -0.355. The number of nitrogens with zero attached hydrogens (tertiary/aromatic N) is 2. The van der Waals surface area contributed by atoms with E-state index in [1.165, 1.54) is 4.90 Å². The molecule has 0 aliphatic rings. The minimum absolute atomic E-state index is 0.169. The Morgan fingerprint density at radius 3 is 2.21 bits per heavy atom. The van der Waals surface area contributed by atoms with Crippen LogP contribution in [0, 0.1) is 4.91 Å². The second-order valence-electron chi connectivity index (χ2n) is 5.44. The van der Waals surface area contributed by atoms with E-state index in [-0.39, 0.29) is 12.6 Å². The molecule has 5 nitrogen and oxygen atoms in total. The van der Waals surface area contributed by atoms with Crippen molar-refractivity contribution in [3.05, 3.63) is 40.3 Å². The normalized spacial score (nSPS) is 10.9. The van der Waals surface area contributed by atoms with Crippen molar-refractivity contribution in [3.63, 3.8) is 0 Å². The van der Waals surface area contributed by atoms with Gasteiger partial charge in [-0.2, -0.15) is 4.91 Å². The van der Waals surface area contributed by atoms with Crippen LogP contribution in [0.25, 0.3) is 0 Å². The first-order valence-corrected chi connectivity index (χ1v) is 6.13. The van der Waals surface area contributed by atoms with E-state index in [2.05, 4.69) is 5.18 Å². The summed E-state index contributed by atoms with van der Waals surface area (Å²) in [5.74, 6) is 0. The molecule has 0 radical (unpaired) electrons. The fraction of sp³-hybridized carbons (Fsp3) is 0.500. The number of hydrogen-bond donors (Lipinski definition) is 0. The van der Waals surface area contributed by atoms with Gasteiger partial charge in [0, 0.05) is 13.6 Å². The minimum atomic E-state index is -0.495. The van der Waals surface area contributed by atoms with E-state index in [9.17, 15) is 9.70 Å².